The van der Waals surface area contributed by atoms with E-state index in [9.17, 15) is 4.79 Å². The van der Waals surface area contributed by atoms with E-state index in [-0.39, 0.29) is 11.9 Å². The number of hydrogen-bond acceptors (Lipinski definition) is 2. The normalized spacial score (nSPS) is 12.3. The lowest BCUT2D eigenvalue weighted by atomic mass is 10.1. The minimum atomic E-state index is -0.157. The largest absolute Gasteiger partial charge is 0.346 e. The molecule has 2 N–H and O–H groups in total. The van der Waals surface area contributed by atoms with Crippen LogP contribution >= 0.6 is 15.9 Å². The van der Waals surface area contributed by atoms with E-state index in [0.717, 1.165) is 26.9 Å². The molecule has 1 aromatic heterocycles. The number of H-pyrrole nitrogens is 1. The molecule has 0 spiro atoms. The number of aromatic amines is 1. The van der Waals surface area contributed by atoms with Gasteiger partial charge in [-0.1, -0.05) is 40.2 Å². The highest BCUT2D eigenvalue weighted by Gasteiger charge is 2.13. The first-order chi connectivity index (χ1) is 10.6. The van der Waals surface area contributed by atoms with Crippen LogP contribution in [0.5, 0.6) is 0 Å². The third kappa shape index (κ3) is 3.36. The average molecular weight is 358 g/mol. The van der Waals surface area contributed by atoms with Gasteiger partial charge < -0.3 is 10.3 Å². The molecule has 1 atom stereocenters. The third-order valence-corrected chi connectivity index (χ3v) is 4.00. The molecule has 3 rings (SSSR count). The smallest absolute Gasteiger partial charge is 0.224 e. The van der Waals surface area contributed by atoms with Gasteiger partial charge in [-0.15, -0.1) is 0 Å². The Morgan fingerprint density at radius 2 is 1.95 bits per heavy atom. The summed E-state index contributed by atoms with van der Waals surface area (Å²) in [6.45, 7) is 1.93. The van der Waals surface area contributed by atoms with Crippen LogP contribution in [0.3, 0.4) is 0 Å². The van der Waals surface area contributed by atoms with E-state index < -0.39 is 0 Å². The Hall–Kier alpha value is -2.14. The SMILES string of the molecule is CC(NC(=O)Cc1ccc(Br)cc1)c1nc2ccccc2[nH]1. The topological polar surface area (TPSA) is 57.8 Å². The van der Waals surface area contributed by atoms with Crippen LogP contribution in [0.15, 0.2) is 53.0 Å². The van der Waals surface area contributed by atoms with Crippen molar-refractivity contribution in [1.82, 2.24) is 15.3 Å². The molecular weight excluding hydrogens is 342 g/mol. The lowest BCUT2D eigenvalue weighted by Crippen LogP contribution is -2.28. The summed E-state index contributed by atoms with van der Waals surface area (Å²) in [4.78, 5) is 19.9. The molecule has 1 unspecified atom stereocenters. The monoisotopic (exact) mass is 357 g/mol. The van der Waals surface area contributed by atoms with Crippen LogP contribution in [-0.4, -0.2) is 15.9 Å². The number of carbonyl (C=O) groups is 1. The molecule has 4 nitrogen and oxygen atoms in total. The second-order valence-corrected chi connectivity index (χ2v) is 6.15. The second kappa shape index (κ2) is 6.32. The molecule has 1 heterocycles. The maximum atomic E-state index is 12.1. The van der Waals surface area contributed by atoms with Crippen molar-refractivity contribution in [3.05, 3.63) is 64.4 Å². The fourth-order valence-electron chi connectivity index (χ4n) is 2.33. The number of nitrogens with zero attached hydrogens (tertiary/aromatic N) is 1. The number of rotatable bonds is 4. The predicted octanol–water partition coefficient (Wildman–Crippen LogP) is 3.75. The summed E-state index contributed by atoms with van der Waals surface area (Å²) < 4.78 is 1.01. The number of benzene rings is 2. The fraction of sp³-hybridized carbons (Fsp3) is 0.176. The summed E-state index contributed by atoms with van der Waals surface area (Å²) in [6.07, 6.45) is 0.359. The molecular formula is C17H16BrN3O. The number of imidazole rings is 1. The average Bonchev–Trinajstić information content (AvgIpc) is 2.93. The van der Waals surface area contributed by atoms with E-state index in [1.807, 2.05) is 55.5 Å². The highest BCUT2D eigenvalue weighted by atomic mass is 79.9. The van der Waals surface area contributed by atoms with Crippen molar-refractivity contribution in [2.24, 2.45) is 0 Å². The quantitative estimate of drug-likeness (QED) is 0.746. The molecule has 0 aliphatic rings. The van der Waals surface area contributed by atoms with Crippen LogP contribution in [0, 0.1) is 0 Å². The molecule has 22 heavy (non-hydrogen) atoms. The van der Waals surface area contributed by atoms with Crippen LogP contribution in [0.2, 0.25) is 0 Å². The van der Waals surface area contributed by atoms with Gasteiger partial charge in [0.25, 0.3) is 0 Å². The van der Waals surface area contributed by atoms with Crippen molar-refractivity contribution in [3.63, 3.8) is 0 Å². The lowest BCUT2D eigenvalue weighted by molar-refractivity contribution is -0.121. The molecule has 0 saturated heterocycles. The van der Waals surface area contributed by atoms with Gasteiger partial charge >= 0.3 is 0 Å². The van der Waals surface area contributed by atoms with E-state index in [0.29, 0.717) is 6.42 Å². The molecule has 0 radical (unpaired) electrons. The van der Waals surface area contributed by atoms with E-state index in [1.165, 1.54) is 0 Å². The lowest BCUT2D eigenvalue weighted by Gasteiger charge is -2.11. The number of amides is 1. The maximum Gasteiger partial charge on any atom is 0.224 e. The van der Waals surface area contributed by atoms with Gasteiger partial charge in [0, 0.05) is 4.47 Å². The molecule has 3 aromatic rings. The summed E-state index contributed by atoms with van der Waals surface area (Å²) in [5.74, 6) is 0.751. The molecule has 1 amide bonds. The fourth-order valence-corrected chi connectivity index (χ4v) is 2.59. The Morgan fingerprint density at radius 1 is 1.23 bits per heavy atom. The molecule has 0 aliphatic carbocycles. The van der Waals surface area contributed by atoms with Crippen molar-refractivity contribution < 1.29 is 4.79 Å². The summed E-state index contributed by atoms with van der Waals surface area (Å²) in [5.41, 5.74) is 2.87. The number of fused-ring (bicyclic) bond motifs is 1. The highest BCUT2D eigenvalue weighted by Crippen LogP contribution is 2.16. The van der Waals surface area contributed by atoms with Gasteiger partial charge in [-0.3, -0.25) is 4.79 Å². The molecule has 0 bridgehead atoms. The number of nitrogens with one attached hydrogen (secondary N) is 2. The minimum absolute atomic E-state index is 0.0183. The van der Waals surface area contributed by atoms with E-state index in [4.69, 9.17) is 0 Å². The standard InChI is InChI=1S/C17H16BrN3O/c1-11(17-20-14-4-2-3-5-15(14)21-17)19-16(22)10-12-6-8-13(18)9-7-12/h2-9,11H,10H2,1H3,(H,19,22)(H,20,21). The first kappa shape index (κ1) is 14.8. The number of hydrogen-bond donors (Lipinski definition) is 2. The van der Waals surface area contributed by atoms with Crippen molar-refractivity contribution in [1.29, 1.82) is 0 Å². The zero-order chi connectivity index (χ0) is 15.5. The Labute approximate surface area is 137 Å². The Bertz CT molecular complexity index is 762. The van der Waals surface area contributed by atoms with Crippen molar-refractivity contribution in [2.75, 3.05) is 0 Å². The Balaban J connectivity index is 1.66. The van der Waals surface area contributed by atoms with Gasteiger partial charge in [-0.05, 0) is 36.8 Å². The van der Waals surface area contributed by atoms with Crippen LogP contribution in [0.25, 0.3) is 11.0 Å². The van der Waals surface area contributed by atoms with Gasteiger partial charge in [-0.2, -0.15) is 0 Å². The molecule has 112 valence electrons. The van der Waals surface area contributed by atoms with Crippen LogP contribution in [0.4, 0.5) is 0 Å². The maximum absolute atomic E-state index is 12.1. The summed E-state index contributed by atoms with van der Waals surface area (Å²) >= 11 is 3.39. The molecule has 5 heteroatoms. The first-order valence-corrected chi connectivity index (χ1v) is 7.89. The second-order valence-electron chi connectivity index (χ2n) is 5.23. The summed E-state index contributed by atoms with van der Waals surface area (Å²) in [5, 5.41) is 2.98. The summed E-state index contributed by atoms with van der Waals surface area (Å²) in [6, 6.07) is 15.4. The first-order valence-electron chi connectivity index (χ1n) is 7.10. The number of halogens is 1. The van der Waals surface area contributed by atoms with E-state index in [1.54, 1.807) is 0 Å². The predicted molar refractivity (Wildman–Crippen MR) is 90.5 cm³/mol. The highest BCUT2D eigenvalue weighted by molar-refractivity contribution is 9.10. The van der Waals surface area contributed by atoms with Gasteiger partial charge in [0.2, 0.25) is 5.91 Å². The third-order valence-electron chi connectivity index (χ3n) is 3.47. The minimum Gasteiger partial charge on any atom is -0.346 e. The molecule has 2 aromatic carbocycles. The zero-order valence-electron chi connectivity index (χ0n) is 12.1. The molecule has 0 fully saturated rings. The zero-order valence-corrected chi connectivity index (χ0v) is 13.7. The van der Waals surface area contributed by atoms with Crippen molar-refractivity contribution >= 4 is 32.9 Å². The molecule has 0 saturated carbocycles. The number of para-hydroxylation sites is 2. The van der Waals surface area contributed by atoms with Gasteiger partial charge in [0.05, 0.1) is 23.5 Å². The van der Waals surface area contributed by atoms with Crippen LogP contribution in [-0.2, 0) is 11.2 Å². The van der Waals surface area contributed by atoms with Gasteiger partial charge in [0.1, 0.15) is 5.82 Å². The Kier molecular flexibility index (Phi) is 4.24. The molecule has 0 aliphatic heterocycles. The van der Waals surface area contributed by atoms with Gasteiger partial charge in [-0.25, -0.2) is 4.98 Å². The summed E-state index contributed by atoms with van der Waals surface area (Å²) in [7, 11) is 0. The van der Waals surface area contributed by atoms with Crippen LogP contribution < -0.4 is 5.32 Å². The Morgan fingerprint density at radius 3 is 2.68 bits per heavy atom. The van der Waals surface area contributed by atoms with E-state index in [2.05, 4.69) is 31.2 Å². The van der Waals surface area contributed by atoms with Crippen molar-refractivity contribution in [3.8, 4) is 0 Å². The number of carbonyl (C=O) groups excluding carboxylic acids is 1. The van der Waals surface area contributed by atoms with Crippen molar-refractivity contribution in [2.45, 2.75) is 19.4 Å². The van der Waals surface area contributed by atoms with Gasteiger partial charge in [0.15, 0.2) is 0 Å². The van der Waals surface area contributed by atoms with E-state index >= 15 is 0 Å². The van der Waals surface area contributed by atoms with Crippen LogP contribution in [0.1, 0.15) is 24.4 Å². The number of aromatic nitrogens is 2.